The zero-order valence-electron chi connectivity index (χ0n) is 9.36. The summed E-state index contributed by atoms with van der Waals surface area (Å²) >= 11 is 0. The van der Waals surface area contributed by atoms with Gasteiger partial charge in [-0.2, -0.15) is 0 Å². The fourth-order valence-electron chi connectivity index (χ4n) is 1.96. The van der Waals surface area contributed by atoms with Gasteiger partial charge < -0.3 is 15.4 Å². The van der Waals surface area contributed by atoms with Crippen LogP contribution >= 0.6 is 0 Å². The first kappa shape index (κ1) is 10.3. The number of nitrogen functional groups attached to an aromatic ring is 1. The molecule has 1 heterocycles. The molecule has 0 bridgehead atoms. The van der Waals surface area contributed by atoms with Crippen molar-refractivity contribution in [2.24, 2.45) is 0 Å². The Morgan fingerprint density at radius 3 is 2.87 bits per heavy atom. The third kappa shape index (κ3) is 2.42. The maximum atomic E-state index is 5.77. The highest BCUT2D eigenvalue weighted by molar-refractivity contribution is 5.56. The van der Waals surface area contributed by atoms with E-state index in [0.717, 1.165) is 25.4 Å². The molecule has 1 fully saturated rings. The predicted octanol–water partition coefficient (Wildman–Crippen LogP) is 1.88. The van der Waals surface area contributed by atoms with E-state index in [1.54, 1.807) is 0 Å². The first-order valence-electron chi connectivity index (χ1n) is 5.31. The Labute approximate surface area is 90.8 Å². The maximum absolute atomic E-state index is 5.77. The summed E-state index contributed by atoms with van der Waals surface area (Å²) in [5, 5.41) is 0. The number of ether oxygens (including phenoxy) is 1. The Bertz CT molecular complexity index is 349. The lowest BCUT2D eigenvalue weighted by Crippen LogP contribution is -2.48. The Kier molecular flexibility index (Phi) is 2.57. The second kappa shape index (κ2) is 3.74. The van der Waals surface area contributed by atoms with Gasteiger partial charge in [-0.3, -0.25) is 0 Å². The van der Waals surface area contributed by atoms with Crippen LogP contribution in [0.5, 0.6) is 0 Å². The third-order valence-electron chi connectivity index (χ3n) is 2.66. The lowest BCUT2D eigenvalue weighted by atomic mass is 10.1. The molecule has 3 heteroatoms. The van der Waals surface area contributed by atoms with Crippen LogP contribution in [0.4, 0.5) is 11.4 Å². The van der Waals surface area contributed by atoms with Gasteiger partial charge in [-0.1, -0.05) is 6.07 Å². The zero-order chi connectivity index (χ0) is 10.9. The third-order valence-corrected chi connectivity index (χ3v) is 2.66. The van der Waals surface area contributed by atoms with Crippen LogP contribution in [0, 0.1) is 0 Å². The quantitative estimate of drug-likeness (QED) is 0.713. The Hall–Kier alpha value is -1.22. The van der Waals surface area contributed by atoms with E-state index >= 15 is 0 Å². The zero-order valence-corrected chi connectivity index (χ0v) is 9.36. The standard InChI is InChI=1S/C12H18N2O/c1-12(2)9-14(6-7-15-12)11-5-3-4-10(13)8-11/h3-5,8H,6-7,9,13H2,1-2H3. The molecule has 0 saturated carbocycles. The van der Waals surface area contributed by atoms with Crippen molar-refractivity contribution in [3.8, 4) is 0 Å². The van der Waals surface area contributed by atoms with E-state index < -0.39 is 0 Å². The number of morpholine rings is 1. The highest BCUT2D eigenvalue weighted by Gasteiger charge is 2.27. The molecule has 0 radical (unpaired) electrons. The highest BCUT2D eigenvalue weighted by atomic mass is 16.5. The number of rotatable bonds is 1. The van der Waals surface area contributed by atoms with Gasteiger partial charge in [0.25, 0.3) is 0 Å². The fraction of sp³-hybridized carbons (Fsp3) is 0.500. The van der Waals surface area contributed by atoms with Gasteiger partial charge in [0, 0.05) is 24.5 Å². The maximum Gasteiger partial charge on any atom is 0.0801 e. The number of benzene rings is 1. The monoisotopic (exact) mass is 206 g/mol. The topological polar surface area (TPSA) is 38.5 Å². The van der Waals surface area contributed by atoms with Crippen LogP contribution in [-0.2, 0) is 4.74 Å². The van der Waals surface area contributed by atoms with Crippen molar-refractivity contribution >= 4 is 11.4 Å². The number of hydrogen-bond acceptors (Lipinski definition) is 3. The van der Waals surface area contributed by atoms with Crippen LogP contribution in [0.2, 0.25) is 0 Å². The van der Waals surface area contributed by atoms with Gasteiger partial charge >= 0.3 is 0 Å². The number of nitrogens with zero attached hydrogens (tertiary/aromatic N) is 1. The van der Waals surface area contributed by atoms with Crippen molar-refractivity contribution in [2.45, 2.75) is 19.4 Å². The van der Waals surface area contributed by atoms with E-state index in [1.807, 2.05) is 18.2 Å². The minimum Gasteiger partial charge on any atom is -0.399 e. The summed E-state index contributed by atoms with van der Waals surface area (Å²) in [5.74, 6) is 0. The normalized spacial score (nSPS) is 20.3. The molecule has 0 amide bonds. The molecule has 0 aliphatic carbocycles. The fourth-order valence-corrected chi connectivity index (χ4v) is 1.96. The largest absolute Gasteiger partial charge is 0.399 e. The Morgan fingerprint density at radius 2 is 2.20 bits per heavy atom. The minimum absolute atomic E-state index is 0.0666. The molecule has 1 aromatic rings. The second-order valence-electron chi connectivity index (χ2n) is 4.62. The molecular formula is C12H18N2O. The predicted molar refractivity (Wildman–Crippen MR) is 63.1 cm³/mol. The molecule has 0 unspecified atom stereocenters. The summed E-state index contributed by atoms with van der Waals surface area (Å²) in [4.78, 5) is 2.32. The van der Waals surface area contributed by atoms with Crippen LogP contribution < -0.4 is 10.6 Å². The first-order chi connectivity index (χ1) is 7.07. The summed E-state index contributed by atoms with van der Waals surface area (Å²) in [6.07, 6.45) is 0. The molecule has 1 aliphatic rings. The lowest BCUT2D eigenvalue weighted by molar-refractivity contribution is -0.0276. The number of hydrogen-bond donors (Lipinski definition) is 1. The van der Waals surface area contributed by atoms with Gasteiger partial charge in [0.1, 0.15) is 0 Å². The molecule has 15 heavy (non-hydrogen) atoms. The van der Waals surface area contributed by atoms with E-state index in [2.05, 4.69) is 24.8 Å². The van der Waals surface area contributed by atoms with Crippen LogP contribution in [0.1, 0.15) is 13.8 Å². The SMILES string of the molecule is CC1(C)CN(c2cccc(N)c2)CCO1. The van der Waals surface area contributed by atoms with Crippen molar-refractivity contribution in [1.29, 1.82) is 0 Å². The van der Waals surface area contributed by atoms with Crippen molar-refractivity contribution in [2.75, 3.05) is 30.3 Å². The van der Waals surface area contributed by atoms with E-state index in [1.165, 1.54) is 5.69 Å². The molecular weight excluding hydrogens is 188 g/mol. The summed E-state index contributed by atoms with van der Waals surface area (Å²) in [6.45, 7) is 6.86. The molecule has 2 rings (SSSR count). The molecule has 0 aromatic heterocycles. The van der Waals surface area contributed by atoms with Crippen LogP contribution in [0.15, 0.2) is 24.3 Å². The Morgan fingerprint density at radius 1 is 1.40 bits per heavy atom. The molecule has 0 atom stereocenters. The molecule has 82 valence electrons. The summed E-state index contributed by atoms with van der Waals surface area (Å²) in [5.41, 5.74) is 7.71. The minimum atomic E-state index is -0.0666. The van der Waals surface area contributed by atoms with E-state index in [9.17, 15) is 0 Å². The molecule has 0 spiro atoms. The van der Waals surface area contributed by atoms with Crippen LogP contribution in [-0.4, -0.2) is 25.3 Å². The van der Waals surface area contributed by atoms with Crippen molar-refractivity contribution in [3.05, 3.63) is 24.3 Å². The van der Waals surface area contributed by atoms with Gasteiger partial charge in [-0.05, 0) is 32.0 Å². The second-order valence-corrected chi connectivity index (χ2v) is 4.62. The van der Waals surface area contributed by atoms with Crippen molar-refractivity contribution < 1.29 is 4.74 Å². The van der Waals surface area contributed by atoms with Crippen molar-refractivity contribution in [3.63, 3.8) is 0 Å². The summed E-state index contributed by atoms with van der Waals surface area (Å²) < 4.78 is 5.67. The average molecular weight is 206 g/mol. The van der Waals surface area contributed by atoms with E-state index in [0.29, 0.717) is 0 Å². The molecule has 3 nitrogen and oxygen atoms in total. The number of nitrogens with two attached hydrogens (primary N) is 1. The van der Waals surface area contributed by atoms with Gasteiger partial charge in [0.05, 0.1) is 12.2 Å². The van der Waals surface area contributed by atoms with Gasteiger partial charge in [-0.15, -0.1) is 0 Å². The number of anilines is 2. The Balaban J connectivity index is 2.17. The van der Waals surface area contributed by atoms with Crippen molar-refractivity contribution in [1.82, 2.24) is 0 Å². The van der Waals surface area contributed by atoms with Gasteiger partial charge in [0.15, 0.2) is 0 Å². The smallest absolute Gasteiger partial charge is 0.0801 e. The highest BCUT2D eigenvalue weighted by Crippen LogP contribution is 2.24. The first-order valence-corrected chi connectivity index (χ1v) is 5.31. The van der Waals surface area contributed by atoms with Crippen LogP contribution in [0.25, 0.3) is 0 Å². The molecule has 2 N–H and O–H groups in total. The molecule has 1 aromatic carbocycles. The summed E-state index contributed by atoms with van der Waals surface area (Å²) in [7, 11) is 0. The molecule has 1 saturated heterocycles. The molecule has 1 aliphatic heterocycles. The van der Waals surface area contributed by atoms with Crippen LogP contribution in [0.3, 0.4) is 0 Å². The van der Waals surface area contributed by atoms with E-state index in [4.69, 9.17) is 10.5 Å². The van der Waals surface area contributed by atoms with Gasteiger partial charge in [-0.25, -0.2) is 0 Å². The lowest BCUT2D eigenvalue weighted by Gasteiger charge is -2.39. The average Bonchev–Trinajstić information content (AvgIpc) is 2.16. The summed E-state index contributed by atoms with van der Waals surface area (Å²) in [6, 6.07) is 8.02. The van der Waals surface area contributed by atoms with Gasteiger partial charge in [0.2, 0.25) is 0 Å². The van der Waals surface area contributed by atoms with E-state index in [-0.39, 0.29) is 5.60 Å².